The summed E-state index contributed by atoms with van der Waals surface area (Å²) in [5.74, 6) is 0. The Morgan fingerprint density at radius 3 is 2.62 bits per heavy atom. The van der Waals surface area contributed by atoms with Gasteiger partial charge < -0.3 is 9.47 Å². The third-order valence-corrected chi connectivity index (χ3v) is 5.60. The first-order valence-corrected chi connectivity index (χ1v) is 7.73. The Morgan fingerprint density at radius 2 is 2.19 bits per heavy atom. The molecule has 0 amide bonds. The van der Waals surface area contributed by atoms with Crippen molar-refractivity contribution in [3.63, 3.8) is 0 Å². The van der Waals surface area contributed by atoms with Gasteiger partial charge in [0.25, 0.3) is 0 Å². The molecule has 0 N–H and O–H groups in total. The van der Waals surface area contributed by atoms with Crippen LogP contribution in [0, 0.1) is 0 Å². The molecule has 0 aromatic heterocycles. The number of hydrogen-bond acceptors (Lipinski definition) is 2. The molecule has 16 heavy (non-hydrogen) atoms. The lowest BCUT2D eigenvalue weighted by atomic mass is 9.90. The van der Waals surface area contributed by atoms with E-state index in [9.17, 15) is 0 Å². The number of rotatable bonds is 3. The normalized spacial score (nSPS) is 46.1. The van der Waals surface area contributed by atoms with Crippen molar-refractivity contribution >= 4 is 22.6 Å². The van der Waals surface area contributed by atoms with Gasteiger partial charge in [-0.1, -0.05) is 36.4 Å². The molecule has 2 aliphatic rings. The molecule has 0 aliphatic carbocycles. The molecule has 0 saturated carbocycles. The van der Waals surface area contributed by atoms with E-state index in [1.807, 2.05) is 0 Å². The predicted molar refractivity (Wildman–Crippen MR) is 74.2 cm³/mol. The number of hydrogen-bond donors (Lipinski definition) is 0. The summed E-state index contributed by atoms with van der Waals surface area (Å²) in [5, 5.41) is 0. The van der Waals surface area contributed by atoms with Crippen molar-refractivity contribution in [3.05, 3.63) is 0 Å². The van der Waals surface area contributed by atoms with E-state index >= 15 is 0 Å². The van der Waals surface area contributed by atoms with E-state index in [0.717, 1.165) is 25.9 Å². The predicted octanol–water partition coefficient (Wildman–Crippen LogP) is 3.71. The van der Waals surface area contributed by atoms with Gasteiger partial charge in [0.1, 0.15) is 0 Å². The van der Waals surface area contributed by atoms with Gasteiger partial charge in [-0.25, -0.2) is 0 Å². The van der Waals surface area contributed by atoms with Crippen LogP contribution in [0.2, 0.25) is 0 Å². The van der Waals surface area contributed by atoms with Crippen molar-refractivity contribution < 1.29 is 9.47 Å². The molecule has 2 heterocycles. The highest BCUT2D eigenvalue weighted by Gasteiger charge is 2.50. The van der Waals surface area contributed by atoms with Crippen LogP contribution in [0.4, 0.5) is 0 Å². The molecule has 94 valence electrons. The Labute approximate surface area is 113 Å². The van der Waals surface area contributed by atoms with Crippen molar-refractivity contribution in [1.29, 1.82) is 0 Å². The Kier molecular flexibility index (Phi) is 3.87. The minimum atomic E-state index is -0.0115. The maximum atomic E-state index is 6.41. The largest absolute Gasteiger partial charge is 0.373 e. The van der Waals surface area contributed by atoms with Crippen LogP contribution in [-0.2, 0) is 9.47 Å². The second-order valence-electron chi connectivity index (χ2n) is 5.44. The third-order valence-electron chi connectivity index (χ3n) is 4.46. The Morgan fingerprint density at radius 1 is 1.44 bits per heavy atom. The van der Waals surface area contributed by atoms with Gasteiger partial charge in [0.15, 0.2) is 0 Å². The average molecular weight is 338 g/mol. The molecular formula is C13H23IO2. The lowest BCUT2D eigenvalue weighted by Gasteiger charge is -2.36. The number of alkyl halides is 1. The van der Waals surface area contributed by atoms with E-state index in [0.29, 0.717) is 10.0 Å². The van der Waals surface area contributed by atoms with Gasteiger partial charge in [0.2, 0.25) is 0 Å². The summed E-state index contributed by atoms with van der Waals surface area (Å²) in [4.78, 5) is 0. The van der Waals surface area contributed by atoms with Crippen LogP contribution in [0.5, 0.6) is 0 Å². The monoisotopic (exact) mass is 338 g/mol. The van der Waals surface area contributed by atoms with E-state index < -0.39 is 0 Å². The summed E-state index contributed by atoms with van der Waals surface area (Å²) >= 11 is 2.51. The molecule has 0 radical (unpaired) electrons. The van der Waals surface area contributed by atoms with Crippen molar-refractivity contribution in [3.8, 4) is 0 Å². The molecular weight excluding hydrogens is 315 g/mol. The van der Waals surface area contributed by atoms with E-state index in [1.54, 1.807) is 0 Å². The van der Waals surface area contributed by atoms with Crippen LogP contribution in [-0.4, -0.2) is 27.8 Å². The highest BCUT2D eigenvalue weighted by molar-refractivity contribution is 14.1. The zero-order chi connectivity index (χ0) is 11.8. The van der Waals surface area contributed by atoms with Crippen LogP contribution >= 0.6 is 22.6 Å². The van der Waals surface area contributed by atoms with E-state index in [1.165, 1.54) is 12.8 Å². The van der Waals surface area contributed by atoms with Crippen LogP contribution in [0.1, 0.15) is 52.9 Å². The SMILES string of the molecule is CC[C@]1([C@H](C)I)CC[C@H]([C@]2(C)CCCO2)O1. The van der Waals surface area contributed by atoms with Crippen molar-refractivity contribution in [2.75, 3.05) is 6.61 Å². The number of ether oxygens (including phenoxy) is 2. The highest BCUT2D eigenvalue weighted by atomic mass is 127. The lowest BCUT2D eigenvalue weighted by molar-refractivity contribution is -0.134. The minimum Gasteiger partial charge on any atom is -0.373 e. The number of halogens is 1. The summed E-state index contributed by atoms with van der Waals surface area (Å²) in [5.41, 5.74) is 0.0859. The summed E-state index contributed by atoms with van der Waals surface area (Å²) in [6.07, 6.45) is 6.13. The quantitative estimate of drug-likeness (QED) is 0.577. The second kappa shape index (κ2) is 4.73. The fourth-order valence-electron chi connectivity index (χ4n) is 3.10. The summed E-state index contributed by atoms with van der Waals surface area (Å²) in [7, 11) is 0. The smallest absolute Gasteiger partial charge is 0.0916 e. The first-order chi connectivity index (χ1) is 7.52. The molecule has 2 rings (SSSR count). The van der Waals surface area contributed by atoms with Gasteiger partial charge in [-0.05, 0) is 39.0 Å². The van der Waals surface area contributed by atoms with Gasteiger partial charge >= 0.3 is 0 Å². The fourth-order valence-corrected chi connectivity index (χ4v) is 3.99. The molecule has 3 heteroatoms. The second-order valence-corrected chi connectivity index (χ2v) is 7.31. The molecule has 0 bridgehead atoms. The standard InChI is InChI=1S/C13H23IO2/c1-4-13(10(2)14)8-6-11(16-13)12(3)7-5-9-15-12/h10-11H,4-9H2,1-3H3/t10-,11+,12-,13+/m0/s1. The summed E-state index contributed by atoms with van der Waals surface area (Å²) in [6, 6.07) is 0. The first-order valence-electron chi connectivity index (χ1n) is 6.48. The first kappa shape index (κ1) is 13.1. The van der Waals surface area contributed by atoms with E-state index in [2.05, 4.69) is 43.4 Å². The van der Waals surface area contributed by atoms with Gasteiger partial charge in [-0.3, -0.25) is 0 Å². The third kappa shape index (κ3) is 2.15. The van der Waals surface area contributed by atoms with Gasteiger partial charge in [0, 0.05) is 10.5 Å². The molecule has 0 spiro atoms. The van der Waals surface area contributed by atoms with Gasteiger partial charge in [0.05, 0.1) is 17.3 Å². The molecule has 2 aliphatic heterocycles. The van der Waals surface area contributed by atoms with Gasteiger partial charge in [-0.2, -0.15) is 0 Å². The topological polar surface area (TPSA) is 18.5 Å². The van der Waals surface area contributed by atoms with Crippen molar-refractivity contribution in [2.45, 2.75) is 74.1 Å². The zero-order valence-corrected chi connectivity index (χ0v) is 12.7. The Balaban J connectivity index is 2.06. The van der Waals surface area contributed by atoms with Crippen LogP contribution in [0.15, 0.2) is 0 Å². The fraction of sp³-hybridized carbons (Fsp3) is 1.00. The van der Waals surface area contributed by atoms with Crippen LogP contribution < -0.4 is 0 Å². The maximum Gasteiger partial charge on any atom is 0.0916 e. The molecule has 4 atom stereocenters. The molecule has 0 unspecified atom stereocenters. The average Bonchev–Trinajstić information content (AvgIpc) is 2.85. The highest BCUT2D eigenvalue weighted by Crippen LogP contribution is 2.45. The molecule has 2 fully saturated rings. The molecule has 0 aromatic carbocycles. The molecule has 0 aromatic rings. The molecule has 2 saturated heterocycles. The maximum absolute atomic E-state index is 6.41. The van der Waals surface area contributed by atoms with E-state index in [4.69, 9.17) is 9.47 Å². The molecule has 2 nitrogen and oxygen atoms in total. The zero-order valence-electron chi connectivity index (χ0n) is 10.6. The van der Waals surface area contributed by atoms with Crippen molar-refractivity contribution in [2.24, 2.45) is 0 Å². The Bertz CT molecular complexity index is 248. The van der Waals surface area contributed by atoms with E-state index in [-0.39, 0.29) is 11.2 Å². The minimum absolute atomic E-state index is 0.0115. The van der Waals surface area contributed by atoms with Crippen LogP contribution in [0.3, 0.4) is 0 Å². The van der Waals surface area contributed by atoms with Crippen molar-refractivity contribution in [1.82, 2.24) is 0 Å². The Hall–Kier alpha value is 0.650. The lowest BCUT2D eigenvalue weighted by Crippen LogP contribution is -2.43. The summed E-state index contributed by atoms with van der Waals surface area (Å²) < 4.78 is 12.9. The summed E-state index contributed by atoms with van der Waals surface area (Å²) in [6.45, 7) is 7.66. The van der Waals surface area contributed by atoms with Gasteiger partial charge in [-0.15, -0.1) is 0 Å². The van der Waals surface area contributed by atoms with Crippen LogP contribution in [0.25, 0.3) is 0 Å².